The molecule has 294 valence electrons. The van der Waals surface area contributed by atoms with E-state index in [1.54, 1.807) is 0 Å². The van der Waals surface area contributed by atoms with Gasteiger partial charge in [-0.25, -0.2) is 0 Å². The lowest BCUT2D eigenvalue weighted by molar-refractivity contribution is -0.147. The van der Waals surface area contributed by atoms with Gasteiger partial charge in [-0.1, -0.05) is 167 Å². The third kappa shape index (κ3) is 22.4. The maximum atomic E-state index is 13.0. The fourth-order valence-electron chi connectivity index (χ4n) is 6.76. The number of carbonyl (C=O) groups excluding carboxylic acids is 2. The molecule has 0 spiro atoms. The van der Waals surface area contributed by atoms with Crippen molar-refractivity contribution in [3.05, 3.63) is 59.7 Å². The molecular weight excluding hydrogens is 645 g/mol. The molecule has 0 atom stereocenters. The van der Waals surface area contributed by atoms with Crippen molar-refractivity contribution in [1.82, 2.24) is 9.80 Å². The number of esters is 2. The maximum Gasteiger partial charge on any atom is 0.320 e. The summed E-state index contributed by atoms with van der Waals surface area (Å²) < 4.78 is 11.6. The lowest BCUT2D eigenvalue weighted by Gasteiger charge is -2.21. The highest BCUT2D eigenvalue weighted by Crippen LogP contribution is 2.23. The third-order valence-corrected chi connectivity index (χ3v) is 10.0. The number of ether oxygens (including phenoxy) is 2. The molecule has 0 aliphatic rings. The molecule has 2 rings (SSSR count). The zero-order valence-electron chi connectivity index (χ0n) is 33.9. The molecular formula is C46H76N2O4. The van der Waals surface area contributed by atoms with Crippen LogP contribution in [0.5, 0.6) is 0 Å². The van der Waals surface area contributed by atoms with Crippen LogP contribution < -0.4 is 0 Å². The molecule has 0 aromatic heterocycles. The van der Waals surface area contributed by atoms with Crippen LogP contribution >= 0.6 is 0 Å². The van der Waals surface area contributed by atoms with Gasteiger partial charge in [0.05, 0.1) is 13.1 Å². The first-order valence-electron chi connectivity index (χ1n) is 21.4. The maximum absolute atomic E-state index is 13.0. The summed E-state index contributed by atoms with van der Waals surface area (Å²) in [6.07, 6.45) is 24.7. The topological polar surface area (TPSA) is 59.1 Å². The first-order chi connectivity index (χ1) is 25.5. The Kier molecular flexibility index (Phi) is 26.9. The highest BCUT2D eigenvalue weighted by atomic mass is 16.5. The number of hydrogen-bond acceptors (Lipinski definition) is 6. The normalized spacial score (nSPS) is 11.4. The number of rotatable bonds is 33. The second-order valence-electron chi connectivity index (χ2n) is 14.9. The fraction of sp³-hybridized carbons (Fsp3) is 0.696. The first kappa shape index (κ1) is 45.5. The Morgan fingerprint density at radius 2 is 0.750 bits per heavy atom. The quantitative estimate of drug-likeness (QED) is 0.0540. The summed E-state index contributed by atoms with van der Waals surface area (Å²) in [5.41, 5.74) is 4.05. The van der Waals surface area contributed by atoms with Crippen LogP contribution in [-0.2, 0) is 32.3 Å². The minimum absolute atomic E-state index is 0.151. The van der Waals surface area contributed by atoms with E-state index in [-0.39, 0.29) is 25.2 Å². The van der Waals surface area contributed by atoms with Crippen molar-refractivity contribution in [2.24, 2.45) is 0 Å². The predicted molar refractivity (Wildman–Crippen MR) is 219 cm³/mol. The van der Waals surface area contributed by atoms with E-state index in [0.29, 0.717) is 13.1 Å². The van der Waals surface area contributed by atoms with Crippen molar-refractivity contribution in [3.63, 3.8) is 0 Å². The van der Waals surface area contributed by atoms with Gasteiger partial charge in [0.25, 0.3) is 0 Å². The van der Waals surface area contributed by atoms with Crippen molar-refractivity contribution in [2.75, 3.05) is 39.3 Å². The van der Waals surface area contributed by atoms with Gasteiger partial charge in [0.15, 0.2) is 0 Å². The molecule has 6 heteroatoms. The molecule has 52 heavy (non-hydrogen) atoms. The summed E-state index contributed by atoms with van der Waals surface area (Å²) in [6, 6.07) is 16.4. The second kappa shape index (κ2) is 30.7. The largest absolute Gasteiger partial charge is 0.460 e. The molecule has 2 aromatic carbocycles. The molecule has 0 aliphatic heterocycles. The Balaban J connectivity index is 1.88. The van der Waals surface area contributed by atoms with Crippen LogP contribution in [0, 0.1) is 0 Å². The van der Waals surface area contributed by atoms with Crippen molar-refractivity contribution in [1.29, 1.82) is 0 Å². The minimum Gasteiger partial charge on any atom is -0.460 e. The van der Waals surface area contributed by atoms with Gasteiger partial charge >= 0.3 is 11.9 Å². The smallest absolute Gasteiger partial charge is 0.320 e. The Morgan fingerprint density at radius 3 is 1.10 bits per heavy atom. The number of unbranched alkanes of at least 4 members (excludes halogenated alkanes) is 16. The van der Waals surface area contributed by atoms with Gasteiger partial charge in [-0.3, -0.25) is 19.4 Å². The van der Waals surface area contributed by atoms with Crippen LogP contribution in [0.2, 0.25) is 0 Å². The number of benzene rings is 2. The lowest BCUT2D eigenvalue weighted by Crippen LogP contribution is -2.32. The fourth-order valence-corrected chi connectivity index (χ4v) is 6.76. The summed E-state index contributed by atoms with van der Waals surface area (Å²) in [6.45, 7) is 14.1. The van der Waals surface area contributed by atoms with E-state index < -0.39 is 0 Å². The van der Waals surface area contributed by atoms with E-state index in [4.69, 9.17) is 9.47 Å². The lowest BCUT2D eigenvalue weighted by atomic mass is 10.0. The van der Waals surface area contributed by atoms with Gasteiger partial charge in [0, 0.05) is 0 Å². The number of carbonyl (C=O) groups is 2. The first-order valence-corrected chi connectivity index (χ1v) is 21.4. The molecule has 6 nitrogen and oxygen atoms in total. The van der Waals surface area contributed by atoms with E-state index in [0.717, 1.165) is 74.1 Å². The summed E-state index contributed by atoms with van der Waals surface area (Å²) in [5.74, 6) is -0.302. The molecule has 0 heterocycles. The van der Waals surface area contributed by atoms with E-state index in [1.165, 1.54) is 103 Å². The SMILES string of the molecule is CCCCCCCCN(CCCCCC)CC(=O)OCc1cccc(-c2cccc(COC(=O)CN(CCCCCC)CCCCCCCC)c2)c1. The van der Waals surface area contributed by atoms with Crippen molar-refractivity contribution >= 4 is 11.9 Å². The molecule has 0 amide bonds. The Labute approximate surface area is 319 Å². The van der Waals surface area contributed by atoms with Crippen molar-refractivity contribution in [3.8, 4) is 11.1 Å². The predicted octanol–water partition coefficient (Wildman–Crippen LogP) is 11.9. The van der Waals surface area contributed by atoms with Crippen LogP contribution in [0.3, 0.4) is 0 Å². The number of hydrogen-bond donors (Lipinski definition) is 0. The summed E-state index contributed by atoms with van der Waals surface area (Å²) in [5, 5.41) is 0. The average Bonchev–Trinajstić information content (AvgIpc) is 3.16. The summed E-state index contributed by atoms with van der Waals surface area (Å²) >= 11 is 0. The third-order valence-electron chi connectivity index (χ3n) is 10.0. The zero-order chi connectivity index (χ0) is 37.5. The van der Waals surface area contributed by atoms with E-state index >= 15 is 0 Å². The molecule has 0 N–H and O–H groups in total. The average molecular weight is 721 g/mol. The molecule has 0 saturated heterocycles. The highest BCUT2D eigenvalue weighted by Gasteiger charge is 2.14. The van der Waals surface area contributed by atoms with Crippen LogP contribution in [0.25, 0.3) is 11.1 Å². The molecule has 0 bridgehead atoms. The van der Waals surface area contributed by atoms with Crippen LogP contribution in [0.15, 0.2) is 48.5 Å². The van der Waals surface area contributed by atoms with Gasteiger partial charge < -0.3 is 9.47 Å². The van der Waals surface area contributed by atoms with E-state index in [1.807, 2.05) is 24.3 Å². The Hall–Kier alpha value is -2.70. The molecule has 0 radical (unpaired) electrons. The van der Waals surface area contributed by atoms with E-state index in [9.17, 15) is 9.59 Å². The van der Waals surface area contributed by atoms with Crippen LogP contribution in [0.1, 0.15) is 167 Å². The van der Waals surface area contributed by atoms with E-state index in [2.05, 4.69) is 61.8 Å². The van der Waals surface area contributed by atoms with Gasteiger partial charge in [-0.2, -0.15) is 0 Å². The minimum atomic E-state index is -0.151. The number of nitrogens with zero attached hydrogens (tertiary/aromatic N) is 2. The molecule has 0 aliphatic carbocycles. The van der Waals surface area contributed by atoms with Crippen LogP contribution in [0.4, 0.5) is 0 Å². The van der Waals surface area contributed by atoms with Gasteiger partial charge in [-0.05, 0) is 86.2 Å². The van der Waals surface area contributed by atoms with Gasteiger partial charge in [-0.15, -0.1) is 0 Å². The second-order valence-corrected chi connectivity index (χ2v) is 14.9. The molecule has 0 fully saturated rings. The molecule has 2 aromatic rings. The standard InChI is InChI=1S/C46H76N2O4/c1-5-9-13-17-19-23-33-47(31-21-15-11-7-3)37-45(49)51-39-41-27-25-29-43(35-41)44-30-26-28-42(36-44)40-52-46(50)38-48(32-22-16-12-8-4)34-24-20-18-14-10-6-2/h25-30,35-36H,5-24,31-34,37-40H2,1-4H3. The zero-order valence-corrected chi connectivity index (χ0v) is 33.9. The highest BCUT2D eigenvalue weighted by molar-refractivity contribution is 5.72. The van der Waals surface area contributed by atoms with Gasteiger partial charge in [0.2, 0.25) is 0 Å². The summed E-state index contributed by atoms with van der Waals surface area (Å²) in [4.78, 5) is 30.5. The molecule has 0 unspecified atom stereocenters. The van der Waals surface area contributed by atoms with Gasteiger partial charge in [0.1, 0.15) is 13.2 Å². The van der Waals surface area contributed by atoms with Crippen molar-refractivity contribution in [2.45, 2.75) is 169 Å². The van der Waals surface area contributed by atoms with Crippen LogP contribution in [-0.4, -0.2) is 61.0 Å². The Bertz CT molecular complexity index is 1090. The summed E-state index contributed by atoms with van der Waals surface area (Å²) in [7, 11) is 0. The van der Waals surface area contributed by atoms with Crippen molar-refractivity contribution < 1.29 is 19.1 Å². The monoisotopic (exact) mass is 721 g/mol. The Morgan fingerprint density at radius 1 is 0.442 bits per heavy atom. The molecule has 0 saturated carbocycles.